The number of amides is 2. The van der Waals surface area contributed by atoms with E-state index >= 15 is 0 Å². The van der Waals surface area contributed by atoms with Crippen molar-refractivity contribution >= 4 is 23.6 Å². The quantitative estimate of drug-likeness (QED) is 0.749. The zero-order chi connectivity index (χ0) is 17.5. The van der Waals surface area contributed by atoms with Crippen LogP contribution in [0.15, 0.2) is 35.6 Å². The lowest BCUT2D eigenvalue weighted by Gasteiger charge is -2.11. The Bertz CT molecular complexity index is 715. The van der Waals surface area contributed by atoms with E-state index in [-0.39, 0.29) is 24.0 Å². The first-order chi connectivity index (χ1) is 11.6. The second-order valence-corrected chi connectivity index (χ2v) is 5.75. The number of aromatic nitrogens is 2. The number of carbonyl (C=O) groups excluding carboxylic acids is 2. The van der Waals surface area contributed by atoms with Crippen LogP contribution in [0.3, 0.4) is 0 Å². The van der Waals surface area contributed by atoms with Crippen LogP contribution in [0.25, 0.3) is 5.69 Å². The van der Waals surface area contributed by atoms with Gasteiger partial charge in [0.05, 0.1) is 12.7 Å². The lowest BCUT2D eigenvalue weighted by Crippen LogP contribution is -2.37. The molecule has 0 spiro atoms. The summed E-state index contributed by atoms with van der Waals surface area (Å²) in [5.41, 5.74) is 0.910. The van der Waals surface area contributed by atoms with Gasteiger partial charge in [-0.1, -0.05) is 18.7 Å². The molecule has 8 heteroatoms. The molecule has 2 aromatic rings. The molecule has 2 N–H and O–H groups in total. The van der Waals surface area contributed by atoms with E-state index in [2.05, 4.69) is 15.6 Å². The third-order valence-electron chi connectivity index (χ3n) is 3.21. The molecule has 2 amide bonds. The maximum absolute atomic E-state index is 13.1. The third kappa shape index (κ3) is 4.35. The normalized spacial score (nSPS) is 10.5. The van der Waals surface area contributed by atoms with E-state index in [0.717, 1.165) is 6.42 Å². The van der Waals surface area contributed by atoms with E-state index < -0.39 is 5.91 Å². The zero-order valence-electron chi connectivity index (χ0n) is 13.5. The first-order valence-corrected chi connectivity index (χ1v) is 8.71. The average Bonchev–Trinajstić information content (AvgIpc) is 3.02. The number of hydrogen-bond donors (Lipinski definition) is 2. The van der Waals surface area contributed by atoms with Crippen molar-refractivity contribution in [1.82, 2.24) is 20.2 Å². The van der Waals surface area contributed by atoms with Gasteiger partial charge in [0.15, 0.2) is 5.16 Å². The molecule has 0 saturated heterocycles. The van der Waals surface area contributed by atoms with Crippen LogP contribution < -0.4 is 10.6 Å². The van der Waals surface area contributed by atoms with Crippen LogP contribution in [0.1, 0.15) is 23.8 Å². The minimum absolute atomic E-state index is 0.109. The number of benzene rings is 1. The number of thioether (sulfide) groups is 1. The molecule has 6 nitrogen and oxygen atoms in total. The molecule has 0 atom stereocenters. The van der Waals surface area contributed by atoms with Gasteiger partial charge in [0.1, 0.15) is 11.5 Å². The van der Waals surface area contributed by atoms with Crippen molar-refractivity contribution in [2.45, 2.75) is 18.5 Å². The van der Waals surface area contributed by atoms with E-state index in [1.807, 2.05) is 13.2 Å². The van der Waals surface area contributed by atoms with Gasteiger partial charge in [-0.25, -0.2) is 9.37 Å². The maximum atomic E-state index is 13.1. The zero-order valence-corrected chi connectivity index (χ0v) is 14.3. The Morgan fingerprint density at radius 2 is 1.96 bits per heavy atom. The minimum atomic E-state index is -0.418. The lowest BCUT2D eigenvalue weighted by molar-refractivity contribution is -0.120. The Morgan fingerprint density at radius 3 is 2.58 bits per heavy atom. The first-order valence-electron chi connectivity index (χ1n) is 7.49. The van der Waals surface area contributed by atoms with Crippen LogP contribution in [0.5, 0.6) is 0 Å². The Hall–Kier alpha value is -2.35. The van der Waals surface area contributed by atoms with Crippen molar-refractivity contribution in [1.29, 1.82) is 0 Å². The molecule has 2 rings (SSSR count). The Morgan fingerprint density at radius 1 is 1.25 bits per heavy atom. The number of hydrogen-bond acceptors (Lipinski definition) is 4. The molecule has 1 heterocycles. The minimum Gasteiger partial charge on any atom is -0.355 e. The van der Waals surface area contributed by atoms with Gasteiger partial charge in [0, 0.05) is 12.2 Å². The second-order valence-electron chi connectivity index (χ2n) is 4.97. The molecule has 0 radical (unpaired) electrons. The van der Waals surface area contributed by atoms with Crippen LogP contribution in [0.4, 0.5) is 4.39 Å². The van der Waals surface area contributed by atoms with Gasteiger partial charge in [-0.05, 0) is 36.9 Å². The summed E-state index contributed by atoms with van der Waals surface area (Å²) in [4.78, 5) is 28.2. The topological polar surface area (TPSA) is 76.0 Å². The van der Waals surface area contributed by atoms with Crippen molar-refractivity contribution < 1.29 is 14.0 Å². The fraction of sp³-hybridized carbons (Fsp3) is 0.312. The Labute approximate surface area is 143 Å². The number of nitrogens with one attached hydrogen (secondary N) is 2. The van der Waals surface area contributed by atoms with Gasteiger partial charge >= 0.3 is 0 Å². The van der Waals surface area contributed by atoms with Crippen LogP contribution >= 0.6 is 11.8 Å². The molecule has 24 heavy (non-hydrogen) atoms. The molecular formula is C16H19FN4O2S. The predicted molar refractivity (Wildman–Crippen MR) is 90.9 cm³/mol. The van der Waals surface area contributed by atoms with Crippen LogP contribution in [0.2, 0.25) is 0 Å². The van der Waals surface area contributed by atoms with Gasteiger partial charge < -0.3 is 10.6 Å². The summed E-state index contributed by atoms with van der Waals surface area (Å²) in [7, 11) is 0. The number of imidazole rings is 1. The summed E-state index contributed by atoms with van der Waals surface area (Å²) in [6.45, 7) is 2.41. The number of halogens is 1. The molecule has 0 fully saturated rings. The molecule has 0 bridgehead atoms. The fourth-order valence-corrected chi connectivity index (χ4v) is 2.60. The summed E-state index contributed by atoms with van der Waals surface area (Å²) in [6.07, 6.45) is 4.10. The highest BCUT2D eigenvalue weighted by molar-refractivity contribution is 7.98. The molecule has 1 aromatic heterocycles. The van der Waals surface area contributed by atoms with Crippen LogP contribution in [0, 0.1) is 5.82 Å². The van der Waals surface area contributed by atoms with E-state index in [4.69, 9.17) is 0 Å². The van der Waals surface area contributed by atoms with Crippen molar-refractivity contribution in [3.05, 3.63) is 42.0 Å². The van der Waals surface area contributed by atoms with E-state index in [9.17, 15) is 14.0 Å². The summed E-state index contributed by atoms with van der Waals surface area (Å²) in [5, 5.41) is 5.86. The highest BCUT2D eigenvalue weighted by Gasteiger charge is 2.18. The molecular weight excluding hydrogens is 331 g/mol. The molecule has 0 aliphatic carbocycles. The molecule has 0 aliphatic rings. The van der Waals surface area contributed by atoms with Crippen molar-refractivity contribution in [2.75, 3.05) is 19.3 Å². The standard InChI is InChI=1S/C16H19FN4O2S/c1-3-8-18-14(22)10-19-15(23)13-9-20-16(24-2)21(13)12-6-4-11(17)5-7-12/h4-7,9H,3,8,10H2,1-2H3,(H,18,22)(H,19,23). The fourth-order valence-electron chi connectivity index (χ4n) is 2.06. The Kier molecular flexibility index (Phi) is 6.36. The third-order valence-corrected chi connectivity index (χ3v) is 3.86. The maximum Gasteiger partial charge on any atom is 0.270 e. The average molecular weight is 350 g/mol. The van der Waals surface area contributed by atoms with E-state index in [1.54, 1.807) is 16.7 Å². The number of carbonyl (C=O) groups is 2. The van der Waals surface area contributed by atoms with E-state index in [1.165, 1.54) is 30.1 Å². The highest BCUT2D eigenvalue weighted by Crippen LogP contribution is 2.21. The van der Waals surface area contributed by atoms with Gasteiger partial charge in [-0.15, -0.1) is 0 Å². The van der Waals surface area contributed by atoms with Gasteiger partial charge in [0.25, 0.3) is 5.91 Å². The largest absolute Gasteiger partial charge is 0.355 e. The predicted octanol–water partition coefficient (Wildman–Crippen LogP) is 1.99. The van der Waals surface area contributed by atoms with Crippen LogP contribution in [-0.4, -0.2) is 40.7 Å². The van der Waals surface area contributed by atoms with Gasteiger partial charge in [-0.2, -0.15) is 0 Å². The molecule has 0 saturated carbocycles. The first kappa shape index (κ1) is 18.0. The van der Waals surface area contributed by atoms with Gasteiger partial charge in [0.2, 0.25) is 5.91 Å². The molecule has 0 aliphatic heterocycles. The summed E-state index contributed by atoms with van der Waals surface area (Å²) in [5.74, 6) is -1.02. The number of rotatable bonds is 7. The smallest absolute Gasteiger partial charge is 0.270 e. The summed E-state index contributed by atoms with van der Waals surface area (Å²) >= 11 is 1.37. The molecule has 0 unspecified atom stereocenters. The molecule has 128 valence electrons. The van der Waals surface area contributed by atoms with Gasteiger partial charge in [-0.3, -0.25) is 14.2 Å². The summed E-state index contributed by atoms with van der Waals surface area (Å²) in [6, 6.07) is 5.78. The van der Waals surface area contributed by atoms with Crippen LogP contribution in [-0.2, 0) is 4.79 Å². The van der Waals surface area contributed by atoms with Crippen molar-refractivity contribution in [3.8, 4) is 5.69 Å². The number of nitrogens with zero attached hydrogens (tertiary/aromatic N) is 2. The van der Waals surface area contributed by atoms with E-state index in [0.29, 0.717) is 17.4 Å². The Balaban J connectivity index is 2.18. The van der Waals surface area contributed by atoms with Crippen molar-refractivity contribution in [2.24, 2.45) is 0 Å². The second kappa shape index (κ2) is 8.49. The monoisotopic (exact) mass is 350 g/mol. The summed E-state index contributed by atoms with van der Waals surface area (Å²) < 4.78 is 14.8. The SMILES string of the molecule is CCCNC(=O)CNC(=O)c1cnc(SC)n1-c1ccc(F)cc1. The van der Waals surface area contributed by atoms with Crippen molar-refractivity contribution in [3.63, 3.8) is 0 Å². The highest BCUT2D eigenvalue weighted by atomic mass is 32.2. The lowest BCUT2D eigenvalue weighted by atomic mass is 10.3. The molecule has 1 aromatic carbocycles.